The van der Waals surface area contributed by atoms with Crippen LogP contribution in [0.15, 0.2) is 47.4 Å². The van der Waals surface area contributed by atoms with E-state index in [0.29, 0.717) is 25.2 Å². The van der Waals surface area contributed by atoms with Crippen LogP contribution in [0.25, 0.3) is 0 Å². The highest BCUT2D eigenvalue weighted by molar-refractivity contribution is 7.89. The molecule has 0 atom stereocenters. The molecule has 0 saturated carbocycles. The van der Waals surface area contributed by atoms with E-state index >= 15 is 0 Å². The van der Waals surface area contributed by atoms with Gasteiger partial charge in [-0.25, -0.2) is 8.42 Å². The van der Waals surface area contributed by atoms with Gasteiger partial charge in [0.2, 0.25) is 10.0 Å². The van der Waals surface area contributed by atoms with Crippen LogP contribution in [-0.2, 0) is 23.1 Å². The molecule has 3 rings (SSSR count). The summed E-state index contributed by atoms with van der Waals surface area (Å²) in [5.41, 5.74) is 3.39. The van der Waals surface area contributed by atoms with Crippen molar-refractivity contribution in [3.05, 3.63) is 64.7 Å². The number of nitrogens with one attached hydrogen (secondary N) is 1. The van der Waals surface area contributed by atoms with E-state index in [1.54, 1.807) is 26.0 Å². The third-order valence-corrected chi connectivity index (χ3v) is 8.29. The summed E-state index contributed by atoms with van der Waals surface area (Å²) in [4.78, 5) is 17.9. The molecule has 7 nitrogen and oxygen atoms in total. The highest BCUT2D eigenvalue weighted by Crippen LogP contribution is 2.20. The molecule has 33 heavy (non-hydrogen) atoms. The van der Waals surface area contributed by atoms with E-state index in [0.717, 1.165) is 43.9 Å². The van der Waals surface area contributed by atoms with Crippen molar-refractivity contribution in [2.75, 3.05) is 46.3 Å². The number of hydrogen-bond acceptors (Lipinski definition) is 5. The van der Waals surface area contributed by atoms with Crippen molar-refractivity contribution < 1.29 is 13.2 Å². The predicted octanol–water partition coefficient (Wildman–Crippen LogP) is 2.70. The van der Waals surface area contributed by atoms with Gasteiger partial charge in [0, 0.05) is 57.9 Å². The summed E-state index contributed by atoms with van der Waals surface area (Å²) >= 11 is 0. The number of nitrogens with zero attached hydrogens (tertiary/aromatic N) is 3. The van der Waals surface area contributed by atoms with Gasteiger partial charge in [-0.05, 0) is 42.8 Å². The number of benzene rings is 2. The average Bonchev–Trinajstić information content (AvgIpc) is 2.80. The number of sulfonamides is 1. The topological polar surface area (TPSA) is 73.0 Å². The zero-order valence-corrected chi connectivity index (χ0v) is 21.0. The maximum atomic E-state index is 12.9. The lowest BCUT2D eigenvalue weighted by molar-refractivity contribution is 0.0950. The zero-order chi connectivity index (χ0) is 24.0. The Kier molecular flexibility index (Phi) is 8.64. The Morgan fingerprint density at radius 3 is 2.33 bits per heavy atom. The lowest BCUT2D eigenvalue weighted by Gasteiger charge is -2.32. The molecule has 1 saturated heterocycles. The smallest absolute Gasteiger partial charge is 0.251 e. The standard InChI is InChI=1S/C25H36N4O3S/c1-5-29(6-2)33(31,32)23-11-10-20(3)24(17-23)25(30)26-18-21-8-7-9-22(16-21)19-28-14-12-27(4)13-15-28/h7-11,16-17H,5-6,12-15,18-19H2,1-4H3,(H,26,30). The minimum Gasteiger partial charge on any atom is -0.348 e. The van der Waals surface area contributed by atoms with Crippen LogP contribution >= 0.6 is 0 Å². The number of hydrogen-bond donors (Lipinski definition) is 1. The SMILES string of the molecule is CCN(CC)S(=O)(=O)c1ccc(C)c(C(=O)NCc2cccc(CN3CCN(C)CC3)c2)c1. The summed E-state index contributed by atoms with van der Waals surface area (Å²) in [7, 11) is -1.47. The third-order valence-electron chi connectivity index (χ3n) is 6.24. The summed E-state index contributed by atoms with van der Waals surface area (Å²) < 4.78 is 27.1. The monoisotopic (exact) mass is 472 g/mol. The number of aryl methyl sites for hydroxylation is 1. The Balaban J connectivity index is 1.67. The van der Waals surface area contributed by atoms with Crippen molar-refractivity contribution in [3.63, 3.8) is 0 Å². The fourth-order valence-electron chi connectivity index (χ4n) is 4.10. The maximum absolute atomic E-state index is 12.9. The molecule has 1 heterocycles. The van der Waals surface area contributed by atoms with Gasteiger partial charge < -0.3 is 10.2 Å². The second-order valence-electron chi connectivity index (χ2n) is 8.65. The first kappa shape index (κ1) is 25.4. The molecule has 8 heteroatoms. The van der Waals surface area contributed by atoms with Gasteiger partial charge in [0.1, 0.15) is 0 Å². The van der Waals surface area contributed by atoms with Crippen molar-refractivity contribution in [2.45, 2.75) is 38.8 Å². The second-order valence-corrected chi connectivity index (χ2v) is 10.6. The molecule has 0 radical (unpaired) electrons. The van der Waals surface area contributed by atoms with E-state index in [1.165, 1.54) is 15.9 Å². The Labute approximate surface area is 198 Å². The van der Waals surface area contributed by atoms with Gasteiger partial charge in [-0.3, -0.25) is 9.69 Å². The number of rotatable bonds is 9. The van der Waals surface area contributed by atoms with Crippen molar-refractivity contribution in [3.8, 4) is 0 Å². The minimum absolute atomic E-state index is 0.149. The van der Waals surface area contributed by atoms with Crippen LogP contribution in [-0.4, -0.2) is 74.7 Å². The first-order chi connectivity index (χ1) is 15.7. The first-order valence-corrected chi connectivity index (χ1v) is 13.1. The summed E-state index contributed by atoms with van der Waals surface area (Å²) in [5.74, 6) is -0.270. The van der Waals surface area contributed by atoms with Crippen LogP contribution in [0.1, 0.15) is 40.9 Å². The Hall–Kier alpha value is -2.26. The molecule has 0 spiro atoms. The van der Waals surface area contributed by atoms with Crippen molar-refractivity contribution >= 4 is 15.9 Å². The van der Waals surface area contributed by atoms with Crippen LogP contribution in [0, 0.1) is 6.92 Å². The van der Waals surface area contributed by atoms with Gasteiger partial charge in [0.25, 0.3) is 5.91 Å². The lowest BCUT2D eigenvalue weighted by atomic mass is 10.1. The van der Waals surface area contributed by atoms with Crippen molar-refractivity contribution in [1.29, 1.82) is 0 Å². The van der Waals surface area contributed by atoms with Crippen LogP contribution in [0.5, 0.6) is 0 Å². The summed E-state index contributed by atoms with van der Waals surface area (Å²) in [6.45, 7) is 11.8. The molecular formula is C25H36N4O3S. The van der Waals surface area contributed by atoms with Crippen LogP contribution in [0.3, 0.4) is 0 Å². The van der Waals surface area contributed by atoms with Gasteiger partial charge in [0.15, 0.2) is 0 Å². The number of carbonyl (C=O) groups excluding carboxylic acids is 1. The summed E-state index contributed by atoms with van der Waals surface area (Å²) in [5, 5.41) is 2.96. The maximum Gasteiger partial charge on any atom is 0.251 e. The fraction of sp³-hybridized carbons (Fsp3) is 0.480. The molecule has 0 aliphatic carbocycles. The third kappa shape index (κ3) is 6.41. The molecule has 1 amide bonds. The van der Waals surface area contributed by atoms with E-state index in [4.69, 9.17) is 0 Å². The van der Waals surface area contributed by atoms with Crippen molar-refractivity contribution in [1.82, 2.24) is 19.4 Å². The summed E-state index contributed by atoms with van der Waals surface area (Å²) in [6.07, 6.45) is 0. The Morgan fingerprint density at radius 1 is 1.00 bits per heavy atom. The molecule has 1 aliphatic heterocycles. The van der Waals surface area contributed by atoms with Gasteiger partial charge in [-0.15, -0.1) is 0 Å². The molecule has 2 aromatic rings. The fourth-order valence-corrected chi connectivity index (χ4v) is 5.58. The molecule has 1 N–H and O–H groups in total. The van der Waals surface area contributed by atoms with Gasteiger partial charge in [-0.2, -0.15) is 4.31 Å². The molecule has 0 unspecified atom stereocenters. The summed E-state index contributed by atoms with van der Waals surface area (Å²) in [6, 6.07) is 13.0. The molecular weight excluding hydrogens is 436 g/mol. The number of likely N-dealkylation sites (N-methyl/N-ethyl adjacent to an activating group) is 1. The van der Waals surface area contributed by atoms with E-state index < -0.39 is 10.0 Å². The van der Waals surface area contributed by atoms with E-state index in [9.17, 15) is 13.2 Å². The van der Waals surface area contributed by atoms with Crippen molar-refractivity contribution in [2.24, 2.45) is 0 Å². The quantitative estimate of drug-likeness (QED) is 0.608. The zero-order valence-electron chi connectivity index (χ0n) is 20.2. The molecule has 2 aromatic carbocycles. The Morgan fingerprint density at radius 2 is 1.67 bits per heavy atom. The number of amides is 1. The largest absolute Gasteiger partial charge is 0.348 e. The number of piperazine rings is 1. The minimum atomic E-state index is -3.62. The van der Waals surface area contributed by atoms with Crippen LogP contribution < -0.4 is 5.32 Å². The molecule has 1 aliphatic rings. The van der Waals surface area contributed by atoms with Gasteiger partial charge in [-0.1, -0.05) is 44.2 Å². The van der Waals surface area contributed by atoms with Crippen LogP contribution in [0.4, 0.5) is 0 Å². The predicted molar refractivity (Wildman–Crippen MR) is 132 cm³/mol. The van der Waals surface area contributed by atoms with Gasteiger partial charge in [0.05, 0.1) is 4.90 Å². The molecule has 180 valence electrons. The molecule has 0 bridgehead atoms. The molecule has 1 fully saturated rings. The highest BCUT2D eigenvalue weighted by atomic mass is 32.2. The van der Waals surface area contributed by atoms with E-state index in [1.807, 2.05) is 19.1 Å². The lowest BCUT2D eigenvalue weighted by Crippen LogP contribution is -2.43. The Bertz CT molecular complexity index is 1060. The highest BCUT2D eigenvalue weighted by Gasteiger charge is 2.23. The van der Waals surface area contributed by atoms with Crippen LogP contribution in [0.2, 0.25) is 0 Å². The number of carbonyl (C=O) groups is 1. The average molecular weight is 473 g/mol. The van der Waals surface area contributed by atoms with Gasteiger partial charge >= 0.3 is 0 Å². The van der Waals surface area contributed by atoms with E-state index in [-0.39, 0.29) is 10.8 Å². The first-order valence-electron chi connectivity index (χ1n) is 11.6. The normalized spacial score (nSPS) is 15.7. The van der Waals surface area contributed by atoms with E-state index in [2.05, 4.69) is 34.3 Å². The molecule has 0 aromatic heterocycles. The second kappa shape index (κ2) is 11.2.